The van der Waals surface area contributed by atoms with E-state index in [-0.39, 0.29) is 23.5 Å². The van der Waals surface area contributed by atoms with E-state index in [1.165, 1.54) is 11.2 Å². The number of benzene rings is 1. The molecule has 1 aromatic carbocycles. The molecule has 2 aliphatic heterocycles. The summed E-state index contributed by atoms with van der Waals surface area (Å²) in [6, 6.07) is 8.58. The zero-order valence-corrected chi connectivity index (χ0v) is 17.4. The van der Waals surface area contributed by atoms with E-state index >= 15 is 0 Å². The summed E-state index contributed by atoms with van der Waals surface area (Å²) in [7, 11) is -3.75. The van der Waals surface area contributed by atoms with E-state index < -0.39 is 10.0 Å². The molecule has 0 aliphatic carbocycles. The Morgan fingerprint density at radius 1 is 1.28 bits per heavy atom. The van der Waals surface area contributed by atoms with Gasteiger partial charge in [0.1, 0.15) is 5.76 Å². The number of hydrogen-bond acceptors (Lipinski definition) is 5. The van der Waals surface area contributed by atoms with Crippen LogP contribution in [0.1, 0.15) is 37.5 Å². The number of anilines is 1. The molecular formula is C21H26N2O5S. The highest BCUT2D eigenvalue weighted by Gasteiger charge is 2.31. The third-order valence-corrected chi connectivity index (χ3v) is 7.34. The van der Waals surface area contributed by atoms with Crippen LogP contribution in [0.3, 0.4) is 0 Å². The maximum absolute atomic E-state index is 13.5. The number of amides is 1. The van der Waals surface area contributed by atoms with Crippen molar-refractivity contribution in [3.05, 3.63) is 47.9 Å². The Morgan fingerprint density at radius 3 is 2.83 bits per heavy atom. The third-order valence-electron chi connectivity index (χ3n) is 5.53. The van der Waals surface area contributed by atoms with Crippen LogP contribution in [-0.4, -0.2) is 44.4 Å². The summed E-state index contributed by atoms with van der Waals surface area (Å²) in [5.41, 5.74) is 1.70. The lowest BCUT2D eigenvalue weighted by atomic mass is 10.0. The lowest BCUT2D eigenvalue weighted by Gasteiger charge is -2.29. The third kappa shape index (κ3) is 4.24. The van der Waals surface area contributed by atoms with Gasteiger partial charge in [-0.2, -0.15) is 4.31 Å². The molecule has 3 heterocycles. The summed E-state index contributed by atoms with van der Waals surface area (Å²) in [6.07, 6.45) is 4.81. The second kappa shape index (κ2) is 8.30. The molecule has 29 heavy (non-hydrogen) atoms. The maximum Gasteiger partial charge on any atom is 0.243 e. The van der Waals surface area contributed by atoms with E-state index in [4.69, 9.17) is 9.15 Å². The molecule has 0 unspecified atom stereocenters. The number of fused-ring (bicyclic) bond motifs is 1. The van der Waals surface area contributed by atoms with Crippen LogP contribution in [0.2, 0.25) is 0 Å². The van der Waals surface area contributed by atoms with Gasteiger partial charge in [0, 0.05) is 32.3 Å². The SMILES string of the molecule is CC(=O)N1CCCc2cc(S(=O)(=O)N(Cc3ccco3)C[C@H]3CCCO3)ccc21. The van der Waals surface area contributed by atoms with E-state index in [0.717, 1.165) is 36.9 Å². The van der Waals surface area contributed by atoms with Gasteiger partial charge in [0.05, 0.1) is 23.8 Å². The predicted molar refractivity (Wildman–Crippen MR) is 108 cm³/mol. The van der Waals surface area contributed by atoms with Crippen LogP contribution in [0.25, 0.3) is 0 Å². The molecule has 0 bridgehead atoms. The summed E-state index contributed by atoms with van der Waals surface area (Å²) < 4.78 is 39.5. The van der Waals surface area contributed by atoms with Crippen LogP contribution in [0.15, 0.2) is 45.9 Å². The number of nitrogens with zero attached hydrogens (tertiary/aromatic N) is 2. The first-order valence-electron chi connectivity index (χ1n) is 10.0. The lowest BCUT2D eigenvalue weighted by molar-refractivity contribution is -0.116. The molecule has 2 aromatic rings. The van der Waals surface area contributed by atoms with E-state index in [0.29, 0.717) is 25.5 Å². The molecule has 0 N–H and O–H groups in total. The van der Waals surface area contributed by atoms with Crippen molar-refractivity contribution in [3.63, 3.8) is 0 Å². The Morgan fingerprint density at radius 2 is 2.14 bits per heavy atom. The Bertz CT molecular complexity index is 965. The molecule has 2 aliphatic rings. The average molecular weight is 419 g/mol. The standard InChI is InChI=1S/C21H26N2O5S/c1-16(24)23-10-2-5-17-13-20(8-9-21(17)23)29(25,26)22(14-18-6-3-11-27-18)15-19-7-4-12-28-19/h3,6,8-9,11,13,19H,2,4-5,7,10,12,14-15H2,1H3/t19-/m1/s1. The van der Waals surface area contributed by atoms with Crippen LogP contribution in [-0.2, 0) is 32.5 Å². The van der Waals surface area contributed by atoms with Crippen LogP contribution in [0, 0.1) is 0 Å². The zero-order valence-electron chi connectivity index (χ0n) is 16.5. The molecule has 1 aromatic heterocycles. The van der Waals surface area contributed by atoms with E-state index in [1.54, 1.807) is 41.5 Å². The van der Waals surface area contributed by atoms with Gasteiger partial charge in [0.15, 0.2) is 0 Å². The highest BCUT2D eigenvalue weighted by molar-refractivity contribution is 7.89. The second-order valence-corrected chi connectivity index (χ2v) is 9.51. The molecule has 7 nitrogen and oxygen atoms in total. The van der Waals surface area contributed by atoms with Gasteiger partial charge in [-0.1, -0.05) is 0 Å². The molecule has 8 heteroatoms. The zero-order chi connectivity index (χ0) is 20.4. The first-order chi connectivity index (χ1) is 13.9. The first kappa shape index (κ1) is 20.1. The van der Waals surface area contributed by atoms with Crippen LogP contribution >= 0.6 is 0 Å². The maximum atomic E-state index is 13.5. The fourth-order valence-electron chi connectivity index (χ4n) is 4.05. The van der Waals surface area contributed by atoms with Crippen molar-refractivity contribution in [1.82, 2.24) is 4.31 Å². The Balaban J connectivity index is 1.65. The topological polar surface area (TPSA) is 80.1 Å². The summed E-state index contributed by atoms with van der Waals surface area (Å²) in [4.78, 5) is 13.9. The smallest absolute Gasteiger partial charge is 0.243 e. The van der Waals surface area contributed by atoms with E-state index in [2.05, 4.69) is 0 Å². The predicted octanol–water partition coefficient (Wildman–Crippen LogP) is 2.95. The molecule has 156 valence electrons. The first-order valence-corrected chi connectivity index (χ1v) is 11.4. The fourth-order valence-corrected chi connectivity index (χ4v) is 5.54. The van der Waals surface area contributed by atoms with E-state index in [1.807, 2.05) is 0 Å². The van der Waals surface area contributed by atoms with Crippen molar-refractivity contribution in [2.45, 2.75) is 50.2 Å². The van der Waals surface area contributed by atoms with Crippen molar-refractivity contribution in [1.29, 1.82) is 0 Å². The molecule has 0 spiro atoms. The Hall–Kier alpha value is -2.16. The molecule has 1 atom stereocenters. The monoisotopic (exact) mass is 418 g/mol. The largest absolute Gasteiger partial charge is 0.468 e. The molecule has 0 radical (unpaired) electrons. The molecule has 0 saturated carbocycles. The molecule has 1 amide bonds. The number of hydrogen-bond donors (Lipinski definition) is 0. The molecular weight excluding hydrogens is 392 g/mol. The minimum absolute atomic E-state index is 0.0283. The fraction of sp³-hybridized carbons (Fsp3) is 0.476. The van der Waals surface area contributed by atoms with Gasteiger partial charge in [0.2, 0.25) is 15.9 Å². The van der Waals surface area contributed by atoms with Crippen LogP contribution in [0.5, 0.6) is 0 Å². The molecule has 4 rings (SSSR count). The number of carbonyl (C=O) groups excluding carboxylic acids is 1. The molecule has 1 saturated heterocycles. The lowest BCUT2D eigenvalue weighted by Crippen LogP contribution is -2.37. The number of sulfonamides is 1. The Kier molecular flexibility index (Phi) is 5.76. The summed E-state index contributed by atoms with van der Waals surface area (Å²) in [5, 5.41) is 0. The van der Waals surface area contributed by atoms with Crippen LogP contribution < -0.4 is 4.90 Å². The van der Waals surface area contributed by atoms with Gasteiger partial charge < -0.3 is 14.1 Å². The van der Waals surface area contributed by atoms with Crippen molar-refractivity contribution < 1.29 is 22.4 Å². The number of ether oxygens (including phenoxy) is 1. The normalized spacial score (nSPS) is 19.5. The number of carbonyl (C=O) groups is 1. The van der Waals surface area contributed by atoms with Gasteiger partial charge >= 0.3 is 0 Å². The van der Waals surface area contributed by atoms with Gasteiger partial charge in [0.25, 0.3) is 0 Å². The van der Waals surface area contributed by atoms with Crippen molar-refractivity contribution >= 4 is 21.6 Å². The average Bonchev–Trinajstić information content (AvgIpc) is 3.40. The number of furan rings is 1. The van der Waals surface area contributed by atoms with Crippen molar-refractivity contribution in [2.75, 3.05) is 24.6 Å². The van der Waals surface area contributed by atoms with Crippen molar-refractivity contribution in [2.24, 2.45) is 0 Å². The Labute approximate surface area is 171 Å². The van der Waals surface area contributed by atoms with Gasteiger partial charge in [-0.15, -0.1) is 0 Å². The highest BCUT2D eigenvalue weighted by atomic mass is 32.2. The summed E-state index contributed by atoms with van der Waals surface area (Å²) in [6.45, 7) is 3.31. The van der Waals surface area contributed by atoms with Gasteiger partial charge in [-0.25, -0.2) is 8.42 Å². The highest BCUT2D eigenvalue weighted by Crippen LogP contribution is 2.31. The summed E-state index contributed by atoms with van der Waals surface area (Å²) in [5.74, 6) is 0.562. The number of rotatable bonds is 6. The van der Waals surface area contributed by atoms with Crippen molar-refractivity contribution in [3.8, 4) is 0 Å². The quantitative estimate of drug-likeness (QED) is 0.721. The van der Waals surface area contributed by atoms with Gasteiger partial charge in [-0.3, -0.25) is 4.79 Å². The van der Waals surface area contributed by atoms with E-state index in [9.17, 15) is 13.2 Å². The van der Waals surface area contributed by atoms with Gasteiger partial charge in [-0.05, 0) is 61.6 Å². The second-order valence-electron chi connectivity index (χ2n) is 7.58. The summed E-state index contributed by atoms with van der Waals surface area (Å²) >= 11 is 0. The van der Waals surface area contributed by atoms with Crippen LogP contribution in [0.4, 0.5) is 5.69 Å². The molecule has 1 fully saturated rings. The number of aryl methyl sites for hydroxylation is 1. The minimum atomic E-state index is -3.75. The minimum Gasteiger partial charge on any atom is -0.468 e.